The number of amides is 1. The van der Waals surface area contributed by atoms with Crippen molar-refractivity contribution in [3.8, 4) is 0 Å². The molecule has 104 valence electrons. The van der Waals surface area contributed by atoms with Crippen molar-refractivity contribution in [2.45, 2.75) is 52.6 Å². The van der Waals surface area contributed by atoms with E-state index in [1.54, 1.807) is 0 Å². The predicted molar refractivity (Wildman–Crippen MR) is 77.4 cm³/mol. The minimum absolute atomic E-state index is 0.0690. The zero-order valence-corrected chi connectivity index (χ0v) is 12.0. The number of carbonyl (C=O) groups excluding carboxylic acids is 1. The van der Waals surface area contributed by atoms with Gasteiger partial charge in [0.1, 0.15) is 6.10 Å². The second-order valence-electron chi connectivity index (χ2n) is 5.65. The number of benzene rings is 1. The molecule has 2 atom stereocenters. The molecule has 1 N–H and O–H groups in total. The standard InChI is InChI=1S/C16H23NO2/c1-11-8-9-14(13(3)10-11)17-16(18)19-15-7-5-4-6-12(15)2/h8-10,12,15H,4-7H2,1-3H3,(H,17,18)/t12-,15-/m0/s1. The van der Waals surface area contributed by atoms with Crippen LogP contribution in [0, 0.1) is 19.8 Å². The molecule has 0 aliphatic heterocycles. The maximum Gasteiger partial charge on any atom is 0.411 e. The van der Waals surface area contributed by atoms with E-state index >= 15 is 0 Å². The van der Waals surface area contributed by atoms with Gasteiger partial charge in [0.15, 0.2) is 0 Å². The van der Waals surface area contributed by atoms with Crippen molar-refractivity contribution in [2.75, 3.05) is 5.32 Å². The van der Waals surface area contributed by atoms with E-state index in [4.69, 9.17) is 4.74 Å². The summed E-state index contributed by atoms with van der Waals surface area (Å²) in [5, 5.41) is 2.84. The molecule has 3 nitrogen and oxygen atoms in total. The van der Waals surface area contributed by atoms with Crippen LogP contribution in [-0.2, 0) is 4.74 Å². The molecule has 1 aromatic carbocycles. The average Bonchev–Trinajstić information content (AvgIpc) is 2.36. The van der Waals surface area contributed by atoms with Crippen LogP contribution in [0.5, 0.6) is 0 Å². The first-order chi connectivity index (χ1) is 9.06. The fraction of sp³-hybridized carbons (Fsp3) is 0.562. The van der Waals surface area contributed by atoms with E-state index < -0.39 is 0 Å². The fourth-order valence-corrected chi connectivity index (χ4v) is 2.69. The molecule has 0 unspecified atom stereocenters. The van der Waals surface area contributed by atoms with Crippen LogP contribution in [0.25, 0.3) is 0 Å². The lowest BCUT2D eigenvalue weighted by Gasteiger charge is -2.28. The van der Waals surface area contributed by atoms with Crippen LogP contribution in [0.3, 0.4) is 0 Å². The number of hydrogen-bond donors (Lipinski definition) is 1. The zero-order chi connectivity index (χ0) is 13.8. The predicted octanol–water partition coefficient (Wildman–Crippen LogP) is 4.43. The lowest BCUT2D eigenvalue weighted by Crippen LogP contribution is -2.30. The van der Waals surface area contributed by atoms with Crippen LogP contribution >= 0.6 is 0 Å². The molecule has 0 bridgehead atoms. The Morgan fingerprint density at radius 3 is 2.68 bits per heavy atom. The Morgan fingerprint density at radius 1 is 1.26 bits per heavy atom. The lowest BCUT2D eigenvalue weighted by molar-refractivity contribution is 0.0524. The Kier molecular flexibility index (Phi) is 4.46. The molecule has 0 heterocycles. The van der Waals surface area contributed by atoms with Crippen molar-refractivity contribution in [1.29, 1.82) is 0 Å². The van der Waals surface area contributed by atoms with Gasteiger partial charge in [-0.15, -0.1) is 0 Å². The van der Waals surface area contributed by atoms with E-state index in [9.17, 15) is 4.79 Å². The first-order valence-electron chi connectivity index (χ1n) is 7.11. The second kappa shape index (κ2) is 6.09. The van der Waals surface area contributed by atoms with Crippen LogP contribution in [0.1, 0.15) is 43.7 Å². The summed E-state index contributed by atoms with van der Waals surface area (Å²) in [7, 11) is 0. The number of nitrogens with one attached hydrogen (secondary N) is 1. The summed E-state index contributed by atoms with van der Waals surface area (Å²) in [4.78, 5) is 11.9. The van der Waals surface area contributed by atoms with Gasteiger partial charge in [-0.3, -0.25) is 5.32 Å². The Labute approximate surface area is 115 Å². The van der Waals surface area contributed by atoms with E-state index in [-0.39, 0.29) is 12.2 Å². The fourth-order valence-electron chi connectivity index (χ4n) is 2.69. The zero-order valence-electron chi connectivity index (χ0n) is 12.0. The largest absolute Gasteiger partial charge is 0.446 e. The number of aryl methyl sites for hydroxylation is 2. The van der Waals surface area contributed by atoms with Gasteiger partial charge >= 0.3 is 6.09 Å². The molecule has 1 aliphatic rings. The minimum atomic E-state index is -0.328. The van der Waals surface area contributed by atoms with Crippen LogP contribution in [0.2, 0.25) is 0 Å². The van der Waals surface area contributed by atoms with Gasteiger partial charge in [-0.2, -0.15) is 0 Å². The molecule has 19 heavy (non-hydrogen) atoms. The van der Waals surface area contributed by atoms with E-state index in [1.165, 1.54) is 12.0 Å². The number of rotatable bonds is 2. The van der Waals surface area contributed by atoms with Crippen molar-refractivity contribution in [1.82, 2.24) is 0 Å². The van der Waals surface area contributed by atoms with Gasteiger partial charge in [-0.1, -0.05) is 31.0 Å². The van der Waals surface area contributed by atoms with Gasteiger partial charge in [-0.05, 0) is 50.7 Å². The van der Waals surface area contributed by atoms with Gasteiger partial charge in [0.2, 0.25) is 0 Å². The number of ether oxygens (including phenoxy) is 1. The van der Waals surface area contributed by atoms with E-state index in [1.807, 2.05) is 26.0 Å². The second-order valence-corrected chi connectivity index (χ2v) is 5.65. The highest BCUT2D eigenvalue weighted by Crippen LogP contribution is 2.26. The minimum Gasteiger partial charge on any atom is -0.446 e. The van der Waals surface area contributed by atoms with Crippen molar-refractivity contribution < 1.29 is 9.53 Å². The summed E-state index contributed by atoms with van der Waals surface area (Å²) in [6.45, 7) is 6.19. The van der Waals surface area contributed by atoms with Crippen molar-refractivity contribution in [3.05, 3.63) is 29.3 Å². The molecule has 1 aromatic rings. The first-order valence-corrected chi connectivity index (χ1v) is 7.11. The highest BCUT2D eigenvalue weighted by Gasteiger charge is 2.24. The number of carbonyl (C=O) groups is 1. The molecule has 1 fully saturated rings. The number of anilines is 1. The Balaban J connectivity index is 1.93. The molecule has 1 saturated carbocycles. The van der Waals surface area contributed by atoms with Gasteiger partial charge in [-0.25, -0.2) is 4.79 Å². The lowest BCUT2D eigenvalue weighted by atomic mass is 9.88. The summed E-state index contributed by atoms with van der Waals surface area (Å²) in [5.74, 6) is 0.471. The molecule has 1 aliphatic carbocycles. The first kappa shape index (κ1) is 13.9. The van der Waals surface area contributed by atoms with Crippen LogP contribution in [-0.4, -0.2) is 12.2 Å². The van der Waals surface area contributed by atoms with E-state index in [0.29, 0.717) is 5.92 Å². The quantitative estimate of drug-likeness (QED) is 0.855. The molecule has 0 saturated heterocycles. The van der Waals surface area contributed by atoms with Crippen molar-refractivity contribution in [3.63, 3.8) is 0 Å². The summed E-state index contributed by atoms with van der Waals surface area (Å²) >= 11 is 0. The average molecular weight is 261 g/mol. The van der Waals surface area contributed by atoms with E-state index in [2.05, 4.69) is 18.3 Å². The van der Waals surface area contributed by atoms with E-state index in [0.717, 1.165) is 30.5 Å². The molecule has 2 rings (SSSR count). The van der Waals surface area contributed by atoms with Crippen molar-refractivity contribution in [2.24, 2.45) is 5.92 Å². The molecule has 0 aromatic heterocycles. The summed E-state index contributed by atoms with van der Waals surface area (Å²) in [6.07, 6.45) is 4.29. The van der Waals surface area contributed by atoms with Crippen LogP contribution in [0.15, 0.2) is 18.2 Å². The normalized spacial score (nSPS) is 22.9. The molecule has 3 heteroatoms. The molecular formula is C16H23NO2. The third-order valence-electron chi connectivity index (χ3n) is 3.91. The molecule has 0 spiro atoms. The highest BCUT2D eigenvalue weighted by molar-refractivity contribution is 5.85. The van der Waals surface area contributed by atoms with Gasteiger partial charge in [0, 0.05) is 5.69 Å². The van der Waals surface area contributed by atoms with Gasteiger partial charge < -0.3 is 4.74 Å². The molecule has 0 radical (unpaired) electrons. The summed E-state index contributed by atoms with van der Waals surface area (Å²) in [5.41, 5.74) is 3.09. The number of hydrogen-bond acceptors (Lipinski definition) is 2. The third-order valence-corrected chi connectivity index (χ3v) is 3.91. The topological polar surface area (TPSA) is 38.3 Å². The third kappa shape index (κ3) is 3.72. The van der Waals surface area contributed by atoms with Gasteiger partial charge in [0.05, 0.1) is 0 Å². The Hall–Kier alpha value is -1.51. The Bertz CT molecular complexity index is 456. The van der Waals surface area contributed by atoms with Crippen molar-refractivity contribution >= 4 is 11.8 Å². The molecular weight excluding hydrogens is 238 g/mol. The Morgan fingerprint density at radius 2 is 2.00 bits per heavy atom. The highest BCUT2D eigenvalue weighted by atomic mass is 16.6. The smallest absolute Gasteiger partial charge is 0.411 e. The summed E-state index contributed by atoms with van der Waals surface area (Å²) < 4.78 is 5.54. The van der Waals surface area contributed by atoms with Crippen LogP contribution in [0.4, 0.5) is 10.5 Å². The monoisotopic (exact) mass is 261 g/mol. The molecule has 1 amide bonds. The summed E-state index contributed by atoms with van der Waals surface area (Å²) in [6, 6.07) is 5.97. The van der Waals surface area contributed by atoms with Gasteiger partial charge in [0.25, 0.3) is 0 Å². The maximum absolute atomic E-state index is 11.9. The maximum atomic E-state index is 11.9. The SMILES string of the molecule is Cc1ccc(NC(=O)O[C@H]2CCCC[C@@H]2C)c(C)c1. The van der Waals surface area contributed by atoms with Crippen LogP contribution < -0.4 is 5.32 Å².